The summed E-state index contributed by atoms with van der Waals surface area (Å²) in [6.07, 6.45) is 1.80. The van der Waals surface area contributed by atoms with Crippen LogP contribution in [0.25, 0.3) is 0 Å². The van der Waals surface area contributed by atoms with Gasteiger partial charge in [0.1, 0.15) is 0 Å². The van der Waals surface area contributed by atoms with Crippen LogP contribution < -0.4 is 5.73 Å². The molecule has 20 heavy (non-hydrogen) atoms. The molecule has 5 nitrogen and oxygen atoms in total. The lowest BCUT2D eigenvalue weighted by atomic mass is 10.0. The van der Waals surface area contributed by atoms with E-state index in [0.29, 0.717) is 25.2 Å². The number of piperidine rings is 1. The topological polar surface area (TPSA) is 80.5 Å². The molecule has 1 aromatic carbocycles. The maximum absolute atomic E-state index is 12.6. The van der Waals surface area contributed by atoms with Crippen LogP contribution in [0.4, 0.5) is 0 Å². The van der Waals surface area contributed by atoms with Gasteiger partial charge in [-0.25, -0.2) is 8.42 Å². The van der Waals surface area contributed by atoms with Gasteiger partial charge in [-0.3, -0.25) is 4.79 Å². The molecule has 0 spiro atoms. The molecule has 1 aromatic rings. The average molecular weight is 296 g/mol. The number of sulfonamides is 1. The van der Waals surface area contributed by atoms with Crippen molar-refractivity contribution in [3.8, 4) is 0 Å². The minimum absolute atomic E-state index is 0.138. The van der Waals surface area contributed by atoms with Gasteiger partial charge in [0.25, 0.3) is 0 Å². The first-order valence-corrected chi connectivity index (χ1v) is 8.20. The Morgan fingerprint density at radius 1 is 1.45 bits per heavy atom. The number of ketones is 1. The molecule has 1 atom stereocenters. The van der Waals surface area contributed by atoms with Crippen LogP contribution in [0.5, 0.6) is 0 Å². The fourth-order valence-electron chi connectivity index (χ4n) is 2.46. The zero-order valence-electron chi connectivity index (χ0n) is 11.6. The highest BCUT2D eigenvalue weighted by atomic mass is 32.2. The summed E-state index contributed by atoms with van der Waals surface area (Å²) in [6.45, 7) is 2.91. The van der Waals surface area contributed by atoms with E-state index in [1.807, 2.05) is 0 Å². The molecule has 6 heteroatoms. The van der Waals surface area contributed by atoms with E-state index >= 15 is 0 Å². The van der Waals surface area contributed by atoms with E-state index in [1.165, 1.54) is 23.4 Å². The van der Waals surface area contributed by atoms with Crippen molar-refractivity contribution in [1.82, 2.24) is 4.31 Å². The summed E-state index contributed by atoms with van der Waals surface area (Å²) in [5.41, 5.74) is 6.06. The first-order valence-electron chi connectivity index (χ1n) is 6.76. The van der Waals surface area contributed by atoms with Crippen LogP contribution >= 0.6 is 0 Å². The predicted octanol–water partition coefficient (Wildman–Crippen LogP) is 1.25. The molecule has 2 N–H and O–H groups in total. The van der Waals surface area contributed by atoms with Gasteiger partial charge in [0.2, 0.25) is 10.0 Å². The van der Waals surface area contributed by atoms with Gasteiger partial charge in [-0.15, -0.1) is 0 Å². The van der Waals surface area contributed by atoms with Crippen LogP contribution in [-0.4, -0.2) is 38.1 Å². The Hall–Kier alpha value is -1.24. The summed E-state index contributed by atoms with van der Waals surface area (Å²) in [4.78, 5) is 11.6. The highest BCUT2D eigenvalue weighted by Gasteiger charge is 2.29. The summed E-state index contributed by atoms with van der Waals surface area (Å²) in [5, 5.41) is 0. The summed E-state index contributed by atoms with van der Waals surface area (Å²) < 4.78 is 26.7. The molecule has 1 heterocycles. The predicted molar refractivity (Wildman–Crippen MR) is 77.0 cm³/mol. The minimum atomic E-state index is -3.54. The summed E-state index contributed by atoms with van der Waals surface area (Å²) >= 11 is 0. The SMILES string of the molecule is CC(=O)c1cccc(S(=O)(=O)N2CCCC(CN)C2)c1. The van der Waals surface area contributed by atoms with Gasteiger partial charge in [-0.2, -0.15) is 4.31 Å². The van der Waals surface area contributed by atoms with Crippen molar-refractivity contribution in [3.05, 3.63) is 29.8 Å². The van der Waals surface area contributed by atoms with Gasteiger partial charge >= 0.3 is 0 Å². The van der Waals surface area contributed by atoms with Crippen LogP contribution in [0.2, 0.25) is 0 Å². The molecule has 1 aliphatic heterocycles. The molecule has 1 fully saturated rings. The van der Waals surface area contributed by atoms with Crippen LogP contribution in [0.1, 0.15) is 30.1 Å². The molecule has 110 valence electrons. The lowest BCUT2D eigenvalue weighted by molar-refractivity contribution is 0.101. The van der Waals surface area contributed by atoms with Crippen molar-refractivity contribution in [2.45, 2.75) is 24.7 Å². The number of nitrogens with two attached hydrogens (primary N) is 1. The first kappa shape index (κ1) is 15.2. The molecule has 0 bridgehead atoms. The Bertz CT molecular complexity index is 598. The number of hydrogen-bond acceptors (Lipinski definition) is 4. The second-order valence-electron chi connectivity index (χ2n) is 5.19. The van der Waals surface area contributed by atoms with Crippen molar-refractivity contribution in [3.63, 3.8) is 0 Å². The largest absolute Gasteiger partial charge is 0.330 e. The number of rotatable bonds is 4. The molecule has 1 saturated heterocycles. The fraction of sp³-hybridized carbons (Fsp3) is 0.500. The Morgan fingerprint density at radius 3 is 2.85 bits per heavy atom. The van der Waals surface area contributed by atoms with E-state index in [9.17, 15) is 13.2 Å². The van der Waals surface area contributed by atoms with Gasteiger partial charge in [0, 0.05) is 18.7 Å². The highest BCUT2D eigenvalue weighted by Crippen LogP contribution is 2.23. The Labute approximate surface area is 119 Å². The average Bonchev–Trinajstić information content (AvgIpc) is 2.47. The number of hydrogen-bond donors (Lipinski definition) is 1. The third-order valence-electron chi connectivity index (χ3n) is 3.69. The van der Waals surface area contributed by atoms with E-state index in [4.69, 9.17) is 5.73 Å². The number of Topliss-reactive ketones (excluding diaryl/α,β-unsaturated/α-hetero) is 1. The Balaban J connectivity index is 2.30. The number of benzene rings is 1. The second kappa shape index (κ2) is 6.03. The highest BCUT2D eigenvalue weighted by molar-refractivity contribution is 7.89. The molecule has 0 amide bonds. The molecular weight excluding hydrogens is 276 g/mol. The van der Waals surface area contributed by atoms with E-state index in [0.717, 1.165) is 12.8 Å². The molecule has 1 unspecified atom stereocenters. The Kier molecular flexibility index (Phi) is 4.57. The summed E-state index contributed by atoms with van der Waals surface area (Å²) in [7, 11) is -3.54. The standard InChI is InChI=1S/C14H20N2O3S/c1-11(17)13-5-2-6-14(8-13)20(18,19)16-7-3-4-12(9-15)10-16/h2,5-6,8,12H,3-4,7,9-10,15H2,1H3. The smallest absolute Gasteiger partial charge is 0.243 e. The second-order valence-corrected chi connectivity index (χ2v) is 7.13. The van der Waals surface area contributed by atoms with E-state index in [1.54, 1.807) is 12.1 Å². The Morgan fingerprint density at radius 2 is 2.20 bits per heavy atom. The van der Waals surface area contributed by atoms with Crippen LogP contribution in [0.3, 0.4) is 0 Å². The molecule has 0 aromatic heterocycles. The molecule has 0 saturated carbocycles. The summed E-state index contributed by atoms with van der Waals surface area (Å²) in [5.74, 6) is 0.0787. The minimum Gasteiger partial charge on any atom is -0.330 e. The van der Waals surface area contributed by atoms with Crippen molar-refractivity contribution in [1.29, 1.82) is 0 Å². The van der Waals surface area contributed by atoms with Crippen LogP contribution in [-0.2, 0) is 10.0 Å². The zero-order valence-corrected chi connectivity index (χ0v) is 12.4. The lowest BCUT2D eigenvalue weighted by Gasteiger charge is -2.31. The fourth-order valence-corrected chi connectivity index (χ4v) is 4.06. The van der Waals surface area contributed by atoms with E-state index in [2.05, 4.69) is 0 Å². The molecular formula is C14H20N2O3S. The van der Waals surface area contributed by atoms with Gasteiger partial charge in [0.05, 0.1) is 4.90 Å². The van der Waals surface area contributed by atoms with Crippen LogP contribution in [0, 0.1) is 5.92 Å². The molecule has 0 aliphatic carbocycles. The first-order chi connectivity index (χ1) is 9.45. The maximum Gasteiger partial charge on any atom is 0.243 e. The summed E-state index contributed by atoms with van der Waals surface area (Å²) in [6, 6.07) is 6.21. The van der Waals surface area contributed by atoms with Crippen molar-refractivity contribution < 1.29 is 13.2 Å². The molecule has 2 rings (SSSR count). The third-order valence-corrected chi connectivity index (χ3v) is 5.55. The number of nitrogens with zero attached hydrogens (tertiary/aromatic N) is 1. The zero-order chi connectivity index (χ0) is 14.8. The van der Waals surface area contributed by atoms with Gasteiger partial charge < -0.3 is 5.73 Å². The quantitative estimate of drug-likeness (QED) is 0.848. The normalized spacial score (nSPS) is 20.8. The lowest BCUT2D eigenvalue weighted by Crippen LogP contribution is -2.41. The molecule has 1 aliphatic rings. The van der Waals surface area contributed by atoms with Crippen molar-refractivity contribution >= 4 is 15.8 Å². The van der Waals surface area contributed by atoms with Crippen LogP contribution in [0.15, 0.2) is 29.2 Å². The van der Waals surface area contributed by atoms with Crippen molar-refractivity contribution in [2.75, 3.05) is 19.6 Å². The van der Waals surface area contributed by atoms with E-state index in [-0.39, 0.29) is 16.6 Å². The van der Waals surface area contributed by atoms with Crippen molar-refractivity contribution in [2.24, 2.45) is 11.7 Å². The number of carbonyl (C=O) groups is 1. The third kappa shape index (κ3) is 3.08. The monoisotopic (exact) mass is 296 g/mol. The number of carbonyl (C=O) groups excluding carboxylic acids is 1. The van der Waals surface area contributed by atoms with E-state index < -0.39 is 10.0 Å². The van der Waals surface area contributed by atoms with Gasteiger partial charge in [-0.1, -0.05) is 12.1 Å². The van der Waals surface area contributed by atoms with Gasteiger partial charge in [0.15, 0.2) is 5.78 Å². The maximum atomic E-state index is 12.6. The molecule has 0 radical (unpaired) electrons. The van der Waals surface area contributed by atoms with Gasteiger partial charge in [-0.05, 0) is 44.4 Å².